The number of imidazole rings is 1. The third kappa shape index (κ3) is 4.72. The number of ether oxygens (including phenoxy) is 1. The van der Waals surface area contributed by atoms with Gasteiger partial charge >= 0.3 is 0 Å². The van der Waals surface area contributed by atoms with Crippen molar-refractivity contribution < 1.29 is 13.5 Å². The number of anilines is 2. The Bertz CT molecular complexity index is 1460. The van der Waals surface area contributed by atoms with Crippen molar-refractivity contribution >= 4 is 22.8 Å². The first-order valence-electron chi connectivity index (χ1n) is 12.9. The van der Waals surface area contributed by atoms with Crippen molar-refractivity contribution in [3.8, 4) is 11.3 Å². The van der Waals surface area contributed by atoms with Gasteiger partial charge in [-0.15, -0.1) is 0 Å². The maximum atomic E-state index is 15.0. The van der Waals surface area contributed by atoms with Crippen LogP contribution in [0.2, 0.25) is 0 Å². The van der Waals surface area contributed by atoms with E-state index >= 15 is 0 Å². The molecule has 5 heterocycles. The molecule has 0 amide bonds. The van der Waals surface area contributed by atoms with Crippen LogP contribution in [-0.2, 0) is 11.3 Å². The Kier molecular flexibility index (Phi) is 6.50. The second kappa shape index (κ2) is 9.97. The minimum absolute atomic E-state index is 0.000378. The second-order valence-corrected chi connectivity index (χ2v) is 10.2. The van der Waals surface area contributed by atoms with Gasteiger partial charge in [0.2, 0.25) is 5.95 Å². The Morgan fingerprint density at radius 2 is 1.97 bits per heavy atom. The molecule has 0 spiro atoms. The van der Waals surface area contributed by atoms with Gasteiger partial charge in [0, 0.05) is 50.0 Å². The van der Waals surface area contributed by atoms with Crippen LogP contribution in [0.15, 0.2) is 36.7 Å². The van der Waals surface area contributed by atoms with E-state index in [2.05, 4.69) is 35.5 Å². The zero-order chi connectivity index (χ0) is 26.4. The number of halogens is 2. The van der Waals surface area contributed by atoms with Crippen LogP contribution < -0.4 is 10.6 Å². The van der Waals surface area contributed by atoms with E-state index in [9.17, 15) is 8.78 Å². The topological polar surface area (TPSA) is 93.0 Å². The van der Waals surface area contributed by atoms with Crippen LogP contribution in [-0.4, -0.2) is 67.8 Å². The van der Waals surface area contributed by atoms with Gasteiger partial charge in [-0.1, -0.05) is 6.07 Å². The minimum Gasteiger partial charge on any atom is -0.374 e. The number of morpholine rings is 1. The van der Waals surface area contributed by atoms with Gasteiger partial charge in [-0.05, 0) is 44.5 Å². The van der Waals surface area contributed by atoms with E-state index in [1.165, 1.54) is 6.07 Å². The van der Waals surface area contributed by atoms with Gasteiger partial charge in [-0.2, -0.15) is 0 Å². The molecule has 0 saturated carbocycles. The SMILES string of the molecule is Cc1nc2c(F)cc(-c3nc(Nc4ccc(CN5CC6NCCOC6C5)cn4)ncc3F)cc2n1C(C)C. The Labute approximate surface area is 219 Å². The normalized spacial score (nSPS) is 19.8. The van der Waals surface area contributed by atoms with Gasteiger partial charge in [-0.25, -0.2) is 28.7 Å². The summed E-state index contributed by atoms with van der Waals surface area (Å²) in [6, 6.07) is 7.26. The fourth-order valence-corrected chi connectivity index (χ4v) is 5.45. The molecule has 11 heteroatoms. The zero-order valence-corrected chi connectivity index (χ0v) is 21.6. The lowest BCUT2D eigenvalue weighted by molar-refractivity contribution is 0.0175. The molecule has 38 heavy (non-hydrogen) atoms. The fourth-order valence-electron chi connectivity index (χ4n) is 5.45. The van der Waals surface area contributed by atoms with Gasteiger partial charge in [0.1, 0.15) is 22.9 Å². The van der Waals surface area contributed by atoms with Crippen LogP contribution in [0.1, 0.15) is 31.3 Å². The zero-order valence-electron chi connectivity index (χ0n) is 21.6. The van der Waals surface area contributed by atoms with Crippen molar-refractivity contribution in [3.63, 3.8) is 0 Å². The second-order valence-electron chi connectivity index (χ2n) is 10.2. The molecule has 6 rings (SSSR count). The number of hydrogen-bond donors (Lipinski definition) is 2. The van der Waals surface area contributed by atoms with Crippen LogP contribution in [0.4, 0.5) is 20.5 Å². The summed E-state index contributed by atoms with van der Waals surface area (Å²) < 4.78 is 37.5. The number of benzene rings is 1. The first kappa shape index (κ1) is 24.8. The molecular formula is C27H30F2N8O. The molecule has 2 aliphatic heterocycles. The fraction of sp³-hybridized carbons (Fsp3) is 0.407. The molecule has 2 N–H and O–H groups in total. The van der Waals surface area contributed by atoms with Crippen LogP contribution in [0.5, 0.6) is 0 Å². The van der Waals surface area contributed by atoms with Gasteiger partial charge in [0.15, 0.2) is 11.6 Å². The molecule has 2 unspecified atom stereocenters. The summed E-state index contributed by atoms with van der Waals surface area (Å²) in [5.41, 5.74) is 2.24. The van der Waals surface area contributed by atoms with Crippen LogP contribution in [0, 0.1) is 18.6 Å². The predicted octanol–water partition coefficient (Wildman–Crippen LogP) is 3.97. The maximum Gasteiger partial charge on any atom is 0.229 e. The van der Waals surface area contributed by atoms with Crippen molar-refractivity contribution in [3.05, 3.63) is 59.7 Å². The summed E-state index contributed by atoms with van der Waals surface area (Å²) >= 11 is 0. The van der Waals surface area contributed by atoms with Gasteiger partial charge < -0.3 is 19.9 Å². The van der Waals surface area contributed by atoms with Crippen LogP contribution >= 0.6 is 0 Å². The lowest BCUT2D eigenvalue weighted by Crippen LogP contribution is -2.47. The average molecular weight is 521 g/mol. The number of nitrogens with one attached hydrogen (secondary N) is 2. The van der Waals surface area contributed by atoms with Gasteiger partial charge in [-0.3, -0.25) is 4.90 Å². The summed E-state index contributed by atoms with van der Waals surface area (Å²) in [5, 5.41) is 6.55. The van der Waals surface area contributed by atoms with E-state index in [4.69, 9.17) is 4.74 Å². The van der Waals surface area contributed by atoms with Crippen molar-refractivity contribution in [1.29, 1.82) is 0 Å². The smallest absolute Gasteiger partial charge is 0.229 e. The van der Waals surface area contributed by atoms with Gasteiger partial charge in [0.05, 0.1) is 24.4 Å². The van der Waals surface area contributed by atoms with Crippen LogP contribution in [0.25, 0.3) is 22.3 Å². The Morgan fingerprint density at radius 3 is 2.74 bits per heavy atom. The number of aryl methyl sites for hydroxylation is 1. The predicted molar refractivity (Wildman–Crippen MR) is 140 cm³/mol. The molecular weight excluding hydrogens is 490 g/mol. The number of aromatic nitrogens is 5. The van der Waals surface area contributed by atoms with E-state index in [1.54, 1.807) is 6.07 Å². The number of fused-ring (bicyclic) bond motifs is 2. The standard InChI is InChI=1S/C27H30F2N8O/c1-15(2)37-16(3)33-26-19(28)8-18(9-22(26)37)25-20(29)11-32-27(35-25)34-24-5-4-17(10-31-24)12-36-13-21-23(14-36)38-7-6-30-21/h4-5,8-11,15,21,23,30H,6-7,12-14H2,1-3H3,(H,31,32,34,35). The highest BCUT2D eigenvalue weighted by Crippen LogP contribution is 2.30. The molecule has 2 aliphatic rings. The monoisotopic (exact) mass is 520 g/mol. The third-order valence-corrected chi connectivity index (χ3v) is 7.11. The van der Waals surface area contributed by atoms with E-state index in [-0.39, 0.29) is 29.3 Å². The van der Waals surface area contributed by atoms with E-state index in [1.807, 2.05) is 43.7 Å². The minimum atomic E-state index is -0.644. The number of nitrogens with zero attached hydrogens (tertiary/aromatic N) is 6. The lowest BCUT2D eigenvalue weighted by Gasteiger charge is -2.25. The maximum absolute atomic E-state index is 15.0. The molecule has 4 aromatic rings. The number of likely N-dealkylation sites (tertiary alicyclic amines) is 1. The summed E-state index contributed by atoms with van der Waals surface area (Å²) in [5.74, 6) is 0.224. The van der Waals surface area contributed by atoms with E-state index in [0.29, 0.717) is 28.8 Å². The highest BCUT2D eigenvalue weighted by atomic mass is 19.1. The summed E-state index contributed by atoms with van der Waals surface area (Å²) in [6.07, 6.45) is 3.13. The highest BCUT2D eigenvalue weighted by molar-refractivity contribution is 5.83. The largest absolute Gasteiger partial charge is 0.374 e. The molecule has 0 radical (unpaired) electrons. The summed E-state index contributed by atoms with van der Waals surface area (Å²) in [4.78, 5) is 19.6. The van der Waals surface area contributed by atoms with Crippen molar-refractivity contribution in [2.24, 2.45) is 0 Å². The summed E-state index contributed by atoms with van der Waals surface area (Å²) in [6.45, 7) is 10.1. The molecule has 9 nitrogen and oxygen atoms in total. The molecule has 2 saturated heterocycles. The molecule has 198 valence electrons. The quantitative estimate of drug-likeness (QED) is 0.395. The number of pyridine rings is 1. The lowest BCUT2D eigenvalue weighted by atomic mass is 10.1. The molecule has 0 aliphatic carbocycles. The molecule has 3 aromatic heterocycles. The van der Waals surface area contributed by atoms with Crippen LogP contribution in [0.3, 0.4) is 0 Å². The Balaban J connectivity index is 1.20. The highest BCUT2D eigenvalue weighted by Gasteiger charge is 2.35. The molecule has 2 fully saturated rings. The molecule has 1 aromatic carbocycles. The van der Waals surface area contributed by atoms with E-state index in [0.717, 1.165) is 44.5 Å². The van der Waals surface area contributed by atoms with E-state index < -0.39 is 11.6 Å². The molecule has 0 bridgehead atoms. The number of hydrogen-bond acceptors (Lipinski definition) is 8. The third-order valence-electron chi connectivity index (χ3n) is 7.11. The first-order chi connectivity index (χ1) is 18.4. The Hall–Kier alpha value is -3.54. The van der Waals surface area contributed by atoms with Crippen molar-refractivity contribution in [2.45, 2.75) is 45.5 Å². The summed E-state index contributed by atoms with van der Waals surface area (Å²) in [7, 11) is 0. The molecule has 2 atom stereocenters. The average Bonchev–Trinajstić information content (AvgIpc) is 3.46. The van der Waals surface area contributed by atoms with Crippen molar-refractivity contribution in [2.75, 3.05) is 31.6 Å². The number of rotatable bonds is 6. The first-order valence-corrected chi connectivity index (χ1v) is 12.9. The van der Waals surface area contributed by atoms with Crippen molar-refractivity contribution in [1.82, 2.24) is 34.7 Å². The Morgan fingerprint density at radius 1 is 1.11 bits per heavy atom. The van der Waals surface area contributed by atoms with Gasteiger partial charge in [0.25, 0.3) is 0 Å².